The number of rotatable bonds is 7. The molecule has 27 heavy (non-hydrogen) atoms. The van der Waals surface area contributed by atoms with Crippen LogP contribution in [0.15, 0.2) is 18.2 Å². The summed E-state index contributed by atoms with van der Waals surface area (Å²) in [7, 11) is 1.97. The number of likely N-dealkylation sites (tertiary alicyclic amines) is 1. The molecule has 0 amide bonds. The van der Waals surface area contributed by atoms with Crippen LogP contribution in [-0.4, -0.2) is 39.4 Å². The number of hydrogen-bond acceptors (Lipinski definition) is 4. The lowest BCUT2D eigenvalue weighted by molar-refractivity contribution is 0.117. The minimum atomic E-state index is 0.370. The maximum atomic E-state index is 5.70. The molecule has 3 heterocycles. The maximum Gasteiger partial charge on any atom is 0.211 e. The lowest BCUT2D eigenvalue weighted by Crippen LogP contribution is -2.39. The highest BCUT2D eigenvalue weighted by molar-refractivity contribution is 5.21. The molecule has 3 rings (SSSR count). The summed E-state index contributed by atoms with van der Waals surface area (Å²) in [5.41, 5.74) is 4.82. The van der Waals surface area contributed by atoms with Crippen molar-refractivity contribution < 1.29 is 4.74 Å². The van der Waals surface area contributed by atoms with Crippen LogP contribution in [0.2, 0.25) is 0 Å². The van der Waals surface area contributed by atoms with E-state index in [1.165, 1.54) is 18.4 Å². The van der Waals surface area contributed by atoms with Gasteiger partial charge < -0.3 is 4.74 Å². The Labute approximate surface area is 163 Å². The van der Waals surface area contributed by atoms with Gasteiger partial charge in [0.2, 0.25) is 5.88 Å². The third kappa shape index (κ3) is 4.89. The van der Waals surface area contributed by atoms with E-state index < -0.39 is 0 Å². The van der Waals surface area contributed by atoms with Gasteiger partial charge in [-0.2, -0.15) is 5.10 Å². The van der Waals surface area contributed by atoms with Crippen molar-refractivity contribution in [3.8, 4) is 5.88 Å². The van der Waals surface area contributed by atoms with Gasteiger partial charge in [0.15, 0.2) is 0 Å². The summed E-state index contributed by atoms with van der Waals surface area (Å²) in [6, 6.07) is 6.98. The summed E-state index contributed by atoms with van der Waals surface area (Å²) in [5, 5.41) is 4.75. The van der Waals surface area contributed by atoms with Gasteiger partial charge in [-0.05, 0) is 76.6 Å². The number of aromatic nitrogens is 3. The molecular weight excluding hydrogens is 336 g/mol. The lowest BCUT2D eigenvalue weighted by Gasteiger charge is -2.37. The van der Waals surface area contributed by atoms with E-state index in [4.69, 9.17) is 9.84 Å². The molecule has 2 aromatic heterocycles. The van der Waals surface area contributed by atoms with Crippen LogP contribution in [0.1, 0.15) is 61.8 Å². The summed E-state index contributed by atoms with van der Waals surface area (Å²) in [6.07, 6.45) is 4.78. The summed E-state index contributed by atoms with van der Waals surface area (Å²) in [5.74, 6) is 1.56. The molecule has 0 radical (unpaired) electrons. The van der Waals surface area contributed by atoms with E-state index in [0.717, 1.165) is 48.9 Å². The first-order chi connectivity index (χ1) is 13.0. The summed E-state index contributed by atoms with van der Waals surface area (Å²) in [4.78, 5) is 7.15. The van der Waals surface area contributed by atoms with Crippen molar-refractivity contribution in [1.29, 1.82) is 0 Å². The highest BCUT2D eigenvalue weighted by Crippen LogP contribution is 2.31. The number of pyridine rings is 1. The molecule has 0 spiro atoms. The smallest absolute Gasteiger partial charge is 0.211 e. The molecule has 0 aromatic carbocycles. The highest BCUT2D eigenvalue weighted by Gasteiger charge is 2.28. The first-order valence-corrected chi connectivity index (χ1v) is 10.3. The second-order valence-electron chi connectivity index (χ2n) is 7.85. The number of nitrogens with zero attached hydrogens (tertiary/aromatic N) is 4. The highest BCUT2D eigenvalue weighted by atomic mass is 16.5. The Morgan fingerprint density at radius 1 is 1.19 bits per heavy atom. The van der Waals surface area contributed by atoms with Crippen molar-refractivity contribution >= 4 is 0 Å². The van der Waals surface area contributed by atoms with Crippen molar-refractivity contribution in [2.45, 2.75) is 59.4 Å². The fourth-order valence-corrected chi connectivity index (χ4v) is 4.49. The van der Waals surface area contributed by atoms with Crippen LogP contribution in [0.3, 0.4) is 0 Å². The average Bonchev–Trinajstić information content (AvgIpc) is 2.96. The van der Waals surface area contributed by atoms with Crippen molar-refractivity contribution in [3.05, 3.63) is 40.8 Å². The van der Waals surface area contributed by atoms with E-state index in [1.807, 2.05) is 18.7 Å². The Kier molecular flexibility index (Phi) is 6.53. The van der Waals surface area contributed by atoms with E-state index in [0.29, 0.717) is 18.6 Å². The van der Waals surface area contributed by atoms with Gasteiger partial charge in [-0.15, -0.1) is 0 Å². The first-order valence-electron chi connectivity index (χ1n) is 10.3. The second-order valence-corrected chi connectivity index (χ2v) is 7.85. The Morgan fingerprint density at radius 2 is 1.93 bits per heavy atom. The first kappa shape index (κ1) is 19.9. The molecule has 0 N–H and O–H groups in total. The molecule has 1 unspecified atom stereocenters. The van der Waals surface area contributed by atoms with Gasteiger partial charge in [0.1, 0.15) is 0 Å². The molecule has 0 aliphatic carbocycles. The Hall–Kier alpha value is -1.88. The van der Waals surface area contributed by atoms with Crippen LogP contribution < -0.4 is 4.74 Å². The van der Waals surface area contributed by atoms with Crippen LogP contribution in [0, 0.1) is 19.8 Å². The van der Waals surface area contributed by atoms with E-state index in [1.54, 1.807) is 0 Å². The van der Waals surface area contributed by atoms with Gasteiger partial charge in [-0.3, -0.25) is 9.88 Å². The maximum absolute atomic E-state index is 5.70. The van der Waals surface area contributed by atoms with E-state index in [2.05, 4.69) is 48.9 Å². The minimum Gasteiger partial charge on any atom is -0.478 e. The third-order valence-corrected chi connectivity index (χ3v) is 5.53. The second kappa shape index (κ2) is 8.87. The fourth-order valence-electron chi connectivity index (χ4n) is 4.49. The van der Waals surface area contributed by atoms with E-state index >= 15 is 0 Å². The number of piperidine rings is 1. The molecule has 5 nitrogen and oxygen atoms in total. The zero-order chi connectivity index (χ0) is 19.4. The zero-order valence-electron chi connectivity index (χ0n) is 17.5. The number of ether oxygens (including phenoxy) is 1. The Bertz CT molecular complexity index is 735. The number of aryl methyl sites for hydroxylation is 3. The topological polar surface area (TPSA) is 43.2 Å². The predicted molar refractivity (Wildman–Crippen MR) is 109 cm³/mol. The fraction of sp³-hybridized carbons (Fsp3) is 0.636. The molecule has 2 aromatic rings. The minimum absolute atomic E-state index is 0.370. The summed E-state index contributed by atoms with van der Waals surface area (Å²) in [6.45, 7) is 11.4. The average molecular weight is 371 g/mol. The van der Waals surface area contributed by atoms with Crippen LogP contribution >= 0.6 is 0 Å². The largest absolute Gasteiger partial charge is 0.478 e. The standard InChI is InChI=1S/C22H34N4O/c1-6-21(20-14-22(27-7-2)25(5)24-20)26-10-8-9-18(15-26)13-19-11-16(3)23-17(4)12-19/h11-12,14,18,21H,6-10,13,15H2,1-5H3/t18-,21?/m1/s1. The molecule has 0 bridgehead atoms. The third-order valence-electron chi connectivity index (χ3n) is 5.53. The molecule has 2 atom stereocenters. The monoisotopic (exact) mass is 370 g/mol. The van der Waals surface area contributed by atoms with Crippen molar-refractivity contribution in [2.24, 2.45) is 13.0 Å². The predicted octanol–water partition coefficient (Wildman–Crippen LogP) is 4.24. The normalized spacial score (nSPS) is 19.2. The van der Waals surface area contributed by atoms with Crippen LogP contribution in [0.5, 0.6) is 5.88 Å². The lowest BCUT2D eigenvalue weighted by atomic mass is 9.89. The van der Waals surface area contributed by atoms with Gasteiger partial charge in [0.25, 0.3) is 0 Å². The van der Waals surface area contributed by atoms with Crippen LogP contribution in [0.25, 0.3) is 0 Å². The molecule has 5 heteroatoms. The van der Waals surface area contributed by atoms with Gasteiger partial charge in [0, 0.05) is 31.0 Å². The Morgan fingerprint density at radius 3 is 2.59 bits per heavy atom. The van der Waals surface area contributed by atoms with Crippen molar-refractivity contribution in [2.75, 3.05) is 19.7 Å². The van der Waals surface area contributed by atoms with E-state index in [-0.39, 0.29) is 0 Å². The molecule has 0 saturated carbocycles. The molecular formula is C22H34N4O. The van der Waals surface area contributed by atoms with Gasteiger partial charge in [0.05, 0.1) is 18.3 Å². The number of hydrogen-bond donors (Lipinski definition) is 0. The van der Waals surface area contributed by atoms with Crippen LogP contribution in [-0.2, 0) is 13.5 Å². The molecule has 1 saturated heterocycles. The zero-order valence-corrected chi connectivity index (χ0v) is 17.5. The summed E-state index contributed by atoms with van der Waals surface area (Å²) < 4.78 is 7.56. The van der Waals surface area contributed by atoms with Crippen molar-refractivity contribution in [1.82, 2.24) is 19.7 Å². The SMILES string of the molecule is CCOc1cc(C(CC)N2CCC[C@H](Cc3cc(C)nc(C)c3)C2)nn1C. The molecule has 1 aliphatic rings. The molecule has 148 valence electrons. The van der Waals surface area contributed by atoms with E-state index in [9.17, 15) is 0 Å². The Balaban J connectivity index is 1.70. The van der Waals surface area contributed by atoms with Gasteiger partial charge >= 0.3 is 0 Å². The van der Waals surface area contributed by atoms with Gasteiger partial charge in [-0.1, -0.05) is 6.92 Å². The summed E-state index contributed by atoms with van der Waals surface area (Å²) >= 11 is 0. The van der Waals surface area contributed by atoms with Crippen LogP contribution in [0.4, 0.5) is 0 Å². The molecule has 1 aliphatic heterocycles. The quantitative estimate of drug-likeness (QED) is 0.731. The molecule has 1 fully saturated rings. The van der Waals surface area contributed by atoms with Gasteiger partial charge in [-0.25, -0.2) is 4.68 Å². The van der Waals surface area contributed by atoms with Crippen molar-refractivity contribution in [3.63, 3.8) is 0 Å².